The van der Waals surface area contributed by atoms with Crippen molar-refractivity contribution in [1.82, 2.24) is 4.90 Å². The number of hydrogen-bond acceptors (Lipinski definition) is 4. The first kappa shape index (κ1) is 20.9. The Morgan fingerprint density at radius 3 is 2.71 bits per heavy atom. The van der Waals surface area contributed by atoms with Crippen molar-refractivity contribution in [1.29, 1.82) is 0 Å². The van der Waals surface area contributed by atoms with Crippen LogP contribution >= 0.6 is 39.3 Å². The minimum Gasteiger partial charge on any atom is -0.486 e. The summed E-state index contributed by atoms with van der Waals surface area (Å²) in [6, 6.07) is 9.71. The van der Waals surface area contributed by atoms with E-state index in [-0.39, 0.29) is 23.6 Å². The molecule has 2 aromatic carbocycles. The van der Waals surface area contributed by atoms with Gasteiger partial charge in [0.05, 0.1) is 14.4 Å². The quantitative estimate of drug-likeness (QED) is 0.454. The molecule has 1 saturated heterocycles. The molecule has 1 aliphatic rings. The van der Waals surface area contributed by atoms with E-state index in [9.17, 15) is 14.0 Å². The summed E-state index contributed by atoms with van der Waals surface area (Å²) < 4.78 is 20.0. The average Bonchev–Trinajstić information content (AvgIpc) is 2.90. The van der Waals surface area contributed by atoms with Crippen LogP contribution in [0.5, 0.6) is 5.75 Å². The molecule has 1 heterocycles. The number of imide groups is 1. The van der Waals surface area contributed by atoms with E-state index < -0.39 is 0 Å². The third kappa shape index (κ3) is 4.59. The van der Waals surface area contributed by atoms with Crippen molar-refractivity contribution in [3.63, 3.8) is 0 Å². The van der Waals surface area contributed by atoms with Gasteiger partial charge < -0.3 is 4.74 Å². The predicted molar refractivity (Wildman–Crippen MR) is 113 cm³/mol. The molecule has 0 spiro atoms. The molecule has 0 saturated carbocycles. The van der Waals surface area contributed by atoms with E-state index in [1.165, 1.54) is 11.0 Å². The first-order valence-corrected chi connectivity index (χ1v) is 10.5. The van der Waals surface area contributed by atoms with Gasteiger partial charge in [-0.05, 0) is 64.0 Å². The van der Waals surface area contributed by atoms with Gasteiger partial charge in [0.1, 0.15) is 12.4 Å². The Kier molecular flexibility index (Phi) is 6.80. The molecule has 1 fully saturated rings. The average molecular weight is 485 g/mol. The largest absolute Gasteiger partial charge is 0.486 e. The zero-order valence-electron chi connectivity index (χ0n) is 14.9. The van der Waals surface area contributed by atoms with Crippen LogP contribution in [0.3, 0.4) is 0 Å². The minimum absolute atomic E-state index is 0.0280. The van der Waals surface area contributed by atoms with E-state index in [0.717, 1.165) is 11.8 Å². The number of hydrogen-bond donors (Lipinski definition) is 0. The van der Waals surface area contributed by atoms with Crippen molar-refractivity contribution in [2.45, 2.75) is 20.0 Å². The first-order valence-electron chi connectivity index (χ1n) is 8.51. The van der Waals surface area contributed by atoms with Gasteiger partial charge in [-0.25, -0.2) is 4.39 Å². The summed E-state index contributed by atoms with van der Waals surface area (Å²) in [5.74, 6) is -0.278. The third-order valence-corrected chi connectivity index (χ3v) is 5.75. The molecule has 2 aromatic rings. The van der Waals surface area contributed by atoms with Crippen molar-refractivity contribution in [3.8, 4) is 5.75 Å². The molecule has 0 aromatic heterocycles. The molecule has 2 amide bonds. The molecule has 0 atom stereocenters. The maximum absolute atomic E-state index is 13.7. The second-order valence-electron chi connectivity index (χ2n) is 6.03. The third-order valence-electron chi connectivity index (χ3n) is 3.97. The molecule has 4 nitrogen and oxygen atoms in total. The summed E-state index contributed by atoms with van der Waals surface area (Å²) in [4.78, 5) is 25.9. The van der Waals surface area contributed by atoms with Gasteiger partial charge in [0.2, 0.25) is 0 Å². The van der Waals surface area contributed by atoms with Crippen LogP contribution in [0.4, 0.5) is 9.18 Å². The second-order valence-corrected chi connectivity index (χ2v) is 8.28. The number of carbonyl (C=O) groups excluding carboxylic acids is 2. The van der Waals surface area contributed by atoms with E-state index in [2.05, 4.69) is 15.9 Å². The standard InChI is InChI=1S/C20H16BrClFNO3S/c1-2-7-24-19(25)17(28-20(24)26)10-12-8-14(21)18(15(22)9-12)27-11-13-5-3-4-6-16(13)23/h3-6,8-10H,2,7,11H2,1H3/b17-10+. The topological polar surface area (TPSA) is 46.6 Å². The molecule has 0 bridgehead atoms. The molecular weight excluding hydrogens is 469 g/mol. The number of thioether (sulfide) groups is 1. The molecule has 0 radical (unpaired) electrons. The lowest BCUT2D eigenvalue weighted by atomic mass is 10.2. The van der Waals surface area contributed by atoms with Gasteiger partial charge in [-0.3, -0.25) is 14.5 Å². The van der Waals surface area contributed by atoms with Gasteiger partial charge in [-0.15, -0.1) is 0 Å². The predicted octanol–water partition coefficient (Wildman–Crippen LogP) is 6.27. The Balaban J connectivity index is 1.79. The molecular formula is C20H16BrClFNO3S. The lowest BCUT2D eigenvalue weighted by Crippen LogP contribution is -2.28. The van der Waals surface area contributed by atoms with E-state index in [1.54, 1.807) is 36.4 Å². The molecule has 0 aliphatic carbocycles. The van der Waals surface area contributed by atoms with Crippen LogP contribution in [0.15, 0.2) is 45.8 Å². The number of carbonyl (C=O) groups is 2. The Morgan fingerprint density at radius 1 is 1.29 bits per heavy atom. The Morgan fingerprint density at radius 2 is 2.04 bits per heavy atom. The summed E-state index contributed by atoms with van der Waals surface area (Å²) >= 11 is 10.6. The smallest absolute Gasteiger partial charge is 0.293 e. The van der Waals surface area contributed by atoms with Gasteiger partial charge in [0.15, 0.2) is 5.75 Å². The maximum atomic E-state index is 13.7. The highest BCUT2D eigenvalue weighted by Crippen LogP contribution is 2.38. The number of ether oxygens (including phenoxy) is 1. The van der Waals surface area contributed by atoms with Crippen LogP contribution in [-0.4, -0.2) is 22.6 Å². The zero-order chi connectivity index (χ0) is 20.3. The summed E-state index contributed by atoms with van der Waals surface area (Å²) in [5.41, 5.74) is 1.07. The van der Waals surface area contributed by atoms with Crippen molar-refractivity contribution < 1.29 is 18.7 Å². The molecule has 1 aliphatic heterocycles. The van der Waals surface area contributed by atoms with E-state index in [0.29, 0.717) is 44.2 Å². The minimum atomic E-state index is -0.353. The maximum Gasteiger partial charge on any atom is 0.293 e. The van der Waals surface area contributed by atoms with Gasteiger partial charge in [0.25, 0.3) is 11.1 Å². The van der Waals surface area contributed by atoms with Gasteiger partial charge in [0, 0.05) is 12.1 Å². The van der Waals surface area contributed by atoms with Gasteiger partial charge in [-0.2, -0.15) is 0 Å². The number of rotatable bonds is 6. The fourth-order valence-electron chi connectivity index (χ4n) is 2.63. The van der Waals surface area contributed by atoms with Crippen LogP contribution in [0.25, 0.3) is 6.08 Å². The summed E-state index contributed by atoms with van der Waals surface area (Å²) in [6.07, 6.45) is 2.33. The summed E-state index contributed by atoms with van der Waals surface area (Å²) in [7, 11) is 0. The Hall–Kier alpha value is -1.83. The van der Waals surface area contributed by atoms with Gasteiger partial charge >= 0.3 is 0 Å². The lowest BCUT2D eigenvalue weighted by molar-refractivity contribution is -0.122. The highest BCUT2D eigenvalue weighted by atomic mass is 79.9. The van der Waals surface area contributed by atoms with Crippen LogP contribution in [-0.2, 0) is 11.4 Å². The number of amides is 2. The van der Waals surface area contributed by atoms with Gasteiger partial charge in [-0.1, -0.05) is 36.7 Å². The van der Waals surface area contributed by atoms with Crippen molar-refractivity contribution >= 4 is 56.5 Å². The van der Waals surface area contributed by atoms with Crippen LogP contribution in [0.1, 0.15) is 24.5 Å². The fraction of sp³-hybridized carbons (Fsp3) is 0.200. The Bertz CT molecular complexity index is 943. The monoisotopic (exact) mass is 483 g/mol. The van der Waals surface area contributed by atoms with Crippen molar-refractivity contribution in [2.24, 2.45) is 0 Å². The van der Waals surface area contributed by atoms with E-state index in [4.69, 9.17) is 16.3 Å². The molecule has 146 valence electrons. The van der Waals surface area contributed by atoms with E-state index >= 15 is 0 Å². The first-order chi connectivity index (χ1) is 13.4. The molecule has 0 unspecified atom stereocenters. The summed E-state index contributed by atoms with van der Waals surface area (Å²) in [6.45, 7) is 2.33. The van der Waals surface area contributed by atoms with Crippen LogP contribution in [0, 0.1) is 5.82 Å². The molecule has 8 heteroatoms. The number of halogens is 3. The molecule has 0 N–H and O–H groups in total. The van der Waals surface area contributed by atoms with Crippen molar-refractivity contribution in [2.75, 3.05) is 6.54 Å². The van der Waals surface area contributed by atoms with E-state index in [1.807, 2.05) is 6.92 Å². The second kappa shape index (κ2) is 9.11. The SMILES string of the molecule is CCCN1C(=O)S/C(=C/c2cc(Cl)c(OCc3ccccc3F)c(Br)c2)C1=O. The van der Waals surface area contributed by atoms with Crippen LogP contribution < -0.4 is 4.74 Å². The highest BCUT2D eigenvalue weighted by molar-refractivity contribution is 9.10. The lowest BCUT2D eigenvalue weighted by Gasteiger charge is -2.12. The molecule has 3 rings (SSSR count). The fourth-order valence-corrected chi connectivity index (χ4v) is 4.49. The number of nitrogens with zero attached hydrogens (tertiary/aromatic N) is 1. The summed E-state index contributed by atoms with van der Waals surface area (Å²) in [5, 5.41) is 0.0397. The number of benzene rings is 2. The zero-order valence-corrected chi connectivity index (χ0v) is 18.0. The Labute approximate surface area is 179 Å². The normalized spacial score (nSPS) is 15.6. The molecule has 28 heavy (non-hydrogen) atoms. The highest BCUT2D eigenvalue weighted by Gasteiger charge is 2.34. The van der Waals surface area contributed by atoms with Crippen LogP contribution in [0.2, 0.25) is 5.02 Å². The van der Waals surface area contributed by atoms with Crippen molar-refractivity contribution in [3.05, 3.63) is 67.7 Å².